The number of hydrogen-bond acceptors (Lipinski definition) is 4. The highest BCUT2D eigenvalue weighted by atomic mass is 32.1. The molecule has 0 fully saturated rings. The van der Waals surface area contributed by atoms with Crippen molar-refractivity contribution in [3.05, 3.63) is 10.6 Å². The van der Waals surface area contributed by atoms with Gasteiger partial charge in [-0.1, -0.05) is 0 Å². The van der Waals surface area contributed by atoms with Crippen molar-refractivity contribution in [2.24, 2.45) is 5.73 Å². The standard InChI is InChI=1S/C6H7F3N4OS/c1-2-3(6(7,8)9)11-5(15-2)13-12-4(10)14/h1H3,(H,11,13)(H3,10,12,14). The van der Waals surface area contributed by atoms with Crippen molar-refractivity contribution in [2.45, 2.75) is 13.1 Å². The summed E-state index contributed by atoms with van der Waals surface area (Å²) in [5.41, 5.74) is 7.83. The van der Waals surface area contributed by atoms with Crippen LogP contribution in [0.25, 0.3) is 0 Å². The Morgan fingerprint density at radius 3 is 2.53 bits per heavy atom. The summed E-state index contributed by atoms with van der Waals surface area (Å²) in [5, 5.41) is -0.0707. The first-order chi connectivity index (χ1) is 6.80. The molecular formula is C6H7F3N4OS. The van der Waals surface area contributed by atoms with Crippen LogP contribution in [0.1, 0.15) is 10.6 Å². The number of nitrogens with one attached hydrogen (secondary N) is 2. The van der Waals surface area contributed by atoms with Crippen molar-refractivity contribution < 1.29 is 18.0 Å². The Morgan fingerprint density at radius 2 is 2.13 bits per heavy atom. The highest BCUT2D eigenvalue weighted by Gasteiger charge is 2.36. The predicted molar refractivity (Wildman–Crippen MR) is 48.2 cm³/mol. The maximum atomic E-state index is 12.3. The van der Waals surface area contributed by atoms with Gasteiger partial charge < -0.3 is 5.73 Å². The fourth-order valence-electron chi connectivity index (χ4n) is 0.828. The van der Waals surface area contributed by atoms with Gasteiger partial charge in [0.15, 0.2) is 5.69 Å². The zero-order valence-corrected chi connectivity index (χ0v) is 8.29. The number of alkyl halides is 3. The minimum absolute atomic E-state index is 0.0104. The number of nitrogens with two attached hydrogens (primary N) is 1. The number of rotatable bonds is 2. The van der Waals surface area contributed by atoms with E-state index in [1.807, 2.05) is 5.43 Å². The second-order valence-corrected chi connectivity index (χ2v) is 3.74. The molecule has 0 spiro atoms. The zero-order chi connectivity index (χ0) is 11.6. The van der Waals surface area contributed by atoms with Crippen LogP contribution in [0, 0.1) is 6.92 Å². The van der Waals surface area contributed by atoms with E-state index < -0.39 is 17.9 Å². The first kappa shape index (κ1) is 11.6. The molecule has 0 atom stereocenters. The number of aryl methyl sites for hydroxylation is 1. The summed E-state index contributed by atoms with van der Waals surface area (Å²) >= 11 is 0.771. The Morgan fingerprint density at radius 1 is 1.53 bits per heavy atom. The molecule has 1 aromatic rings. The van der Waals surface area contributed by atoms with Crippen LogP contribution in [0.3, 0.4) is 0 Å². The highest BCUT2D eigenvalue weighted by Crippen LogP contribution is 2.35. The van der Waals surface area contributed by atoms with Gasteiger partial charge >= 0.3 is 12.2 Å². The van der Waals surface area contributed by atoms with Gasteiger partial charge in [0.2, 0.25) is 5.13 Å². The molecule has 0 aromatic carbocycles. The van der Waals surface area contributed by atoms with Crippen molar-refractivity contribution in [3.8, 4) is 0 Å². The molecule has 0 saturated carbocycles. The average Bonchev–Trinajstić information content (AvgIpc) is 2.42. The largest absolute Gasteiger partial charge is 0.434 e. The highest BCUT2D eigenvalue weighted by molar-refractivity contribution is 7.15. The summed E-state index contributed by atoms with van der Waals surface area (Å²) < 4.78 is 36.8. The van der Waals surface area contributed by atoms with Gasteiger partial charge in [-0.25, -0.2) is 15.2 Å². The molecule has 0 aliphatic carbocycles. The Labute approximate surface area is 86.5 Å². The molecule has 0 unspecified atom stereocenters. The number of thiazole rings is 1. The van der Waals surface area contributed by atoms with Crippen molar-refractivity contribution in [3.63, 3.8) is 0 Å². The normalized spacial score (nSPS) is 11.2. The maximum Gasteiger partial charge on any atom is 0.434 e. The fourth-order valence-corrected chi connectivity index (χ4v) is 1.62. The van der Waals surface area contributed by atoms with E-state index in [0.717, 1.165) is 11.3 Å². The first-order valence-corrected chi connectivity index (χ1v) is 4.48. The van der Waals surface area contributed by atoms with Gasteiger partial charge in [-0.2, -0.15) is 13.2 Å². The van der Waals surface area contributed by atoms with Gasteiger partial charge in [0.1, 0.15) is 0 Å². The van der Waals surface area contributed by atoms with Crippen LogP contribution in [-0.4, -0.2) is 11.0 Å². The van der Waals surface area contributed by atoms with Gasteiger partial charge in [-0.3, -0.25) is 5.43 Å². The van der Waals surface area contributed by atoms with Crippen LogP contribution < -0.4 is 16.6 Å². The number of nitrogens with zero attached hydrogens (tertiary/aromatic N) is 1. The molecule has 0 radical (unpaired) electrons. The SMILES string of the molecule is Cc1sc(NNC(N)=O)nc1C(F)(F)F. The molecule has 0 aliphatic rings. The number of hydrazine groups is 1. The van der Waals surface area contributed by atoms with E-state index in [1.165, 1.54) is 6.92 Å². The topological polar surface area (TPSA) is 80.0 Å². The van der Waals surface area contributed by atoms with E-state index in [-0.39, 0.29) is 10.0 Å². The second-order valence-electron chi connectivity index (χ2n) is 2.54. The first-order valence-electron chi connectivity index (χ1n) is 3.67. The Kier molecular flexibility index (Phi) is 3.03. The molecule has 1 rings (SSSR count). The minimum Gasteiger partial charge on any atom is -0.350 e. The second kappa shape index (κ2) is 3.93. The van der Waals surface area contributed by atoms with E-state index in [0.29, 0.717) is 0 Å². The van der Waals surface area contributed by atoms with Crippen LogP contribution in [0.4, 0.5) is 23.1 Å². The molecular weight excluding hydrogens is 233 g/mol. The molecule has 84 valence electrons. The van der Waals surface area contributed by atoms with E-state index >= 15 is 0 Å². The molecule has 1 heterocycles. The number of anilines is 1. The van der Waals surface area contributed by atoms with Gasteiger partial charge in [-0.05, 0) is 6.92 Å². The Bertz CT molecular complexity index is 375. The molecule has 0 saturated heterocycles. The van der Waals surface area contributed by atoms with Crippen molar-refractivity contribution in [1.29, 1.82) is 0 Å². The minimum atomic E-state index is -4.49. The van der Waals surface area contributed by atoms with E-state index in [9.17, 15) is 18.0 Å². The van der Waals surface area contributed by atoms with Gasteiger partial charge in [0.05, 0.1) is 0 Å². The monoisotopic (exact) mass is 240 g/mol. The molecule has 2 amide bonds. The van der Waals surface area contributed by atoms with Crippen LogP contribution in [0.15, 0.2) is 0 Å². The molecule has 1 aromatic heterocycles. The third kappa shape index (κ3) is 2.98. The summed E-state index contributed by atoms with van der Waals surface area (Å²) in [7, 11) is 0. The molecule has 0 bridgehead atoms. The summed E-state index contributed by atoms with van der Waals surface area (Å²) in [5.74, 6) is 0. The Balaban J connectivity index is 2.82. The number of carbonyl (C=O) groups is 1. The van der Waals surface area contributed by atoms with Crippen LogP contribution in [0.5, 0.6) is 0 Å². The lowest BCUT2D eigenvalue weighted by Gasteiger charge is -2.02. The smallest absolute Gasteiger partial charge is 0.350 e. The third-order valence-electron chi connectivity index (χ3n) is 1.36. The van der Waals surface area contributed by atoms with E-state index in [2.05, 4.69) is 10.4 Å². The average molecular weight is 240 g/mol. The van der Waals surface area contributed by atoms with Crippen molar-refractivity contribution in [1.82, 2.24) is 10.4 Å². The lowest BCUT2D eigenvalue weighted by molar-refractivity contribution is -0.141. The van der Waals surface area contributed by atoms with Gasteiger partial charge in [0.25, 0.3) is 0 Å². The number of carbonyl (C=O) groups excluding carboxylic acids is 1. The number of aromatic nitrogens is 1. The lowest BCUT2D eigenvalue weighted by Crippen LogP contribution is -2.34. The lowest BCUT2D eigenvalue weighted by atomic mass is 10.4. The number of urea groups is 1. The fraction of sp³-hybridized carbons (Fsp3) is 0.333. The van der Waals surface area contributed by atoms with Crippen LogP contribution in [-0.2, 0) is 6.18 Å². The summed E-state index contributed by atoms with van der Waals surface area (Å²) in [6.45, 7) is 1.29. The Hall–Kier alpha value is -1.51. The molecule has 9 heteroatoms. The van der Waals surface area contributed by atoms with Crippen molar-refractivity contribution >= 4 is 22.5 Å². The number of primary amides is 1. The number of hydrogen-bond donors (Lipinski definition) is 3. The maximum absolute atomic E-state index is 12.3. The van der Waals surface area contributed by atoms with E-state index in [1.54, 1.807) is 0 Å². The molecule has 4 N–H and O–H groups in total. The molecule has 5 nitrogen and oxygen atoms in total. The molecule has 15 heavy (non-hydrogen) atoms. The summed E-state index contributed by atoms with van der Waals surface area (Å²) in [4.78, 5) is 13.5. The van der Waals surface area contributed by atoms with Gasteiger partial charge in [-0.15, -0.1) is 11.3 Å². The van der Waals surface area contributed by atoms with Crippen LogP contribution in [0.2, 0.25) is 0 Å². The summed E-state index contributed by atoms with van der Waals surface area (Å²) in [6.07, 6.45) is -4.49. The predicted octanol–water partition coefficient (Wildman–Crippen LogP) is 1.47. The van der Waals surface area contributed by atoms with Crippen molar-refractivity contribution in [2.75, 3.05) is 5.43 Å². The number of amides is 2. The molecule has 0 aliphatic heterocycles. The number of halogens is 3. The van der Waals surface area contributed by atoms with Crippen LogP contribution >= 0.6 is 11.3 Å². The zero-order valence-electron chi connectivity index (χ0n) is 7.47. The summed E-state index contributed by atoms with van der Waals surface area (Å²) in [6, 6.07) is -0.906. The van der Waals surface area contributed by atoms with E-state index in [4.69, 9.17) is 5.73 Å². The van der Waals surface area contributed by atoms with Gasteiger partial charge in [0, 0.05) is 4.88 Å². The third-order valence-corrected chi connectivity index (χ3v) is 2.24. The quantitative estimate of drug-likeness (QED) is 0.685.